The van der Waals surface area contributed by atoms with Crippen LogP contribution in [-0.2, 0) is 9.53 Å². The van der Waals surface area contributed by atoms with Crippen molar-refractivity contribution >= 4 is 5.91 Å². The van der Waals surface area contributed by atoms with E-state index < -0.39 is 5.41 Å². The summed E-state index contributed by atoms with van der Waals surface area (Å²) in [7, 11) is 0. The Hall–Kier alpha value is -0.870. The highest BCUT2D eigenvalue weighted by Gasteiger charge is 2.38. The van der Waals surface area contributed by atoms with Crippen LogP contribution in [0.25, 0.3) is 0 Å². The molecule has 1 fully saturated rings. The van der Waals surface area contributed by atoms with E-state index >= 15 is 0 Å². The van der Waals surface area contributed by atoms with E-state index in [-0.39, 0.29) is 11.9 Å². The predicted molar refractivity (Wildman–Crippen MR) is 64.0 cm³/mol. The fourth-order valence-electron chi connectivity index (χ4n) is 1.97. The van der Waals surface area contributed by atoms with Crippen molar-refractivity contribution in [2.45, 2.75) is 32.2 Å². The first-order valence-electron chi connectivity index (χ1n) is 5.84. The molecule has 0 aromatic carbocycles. The molecule has 4 heteroatoms. The molecule has 0 bridgehead atoms. The minimum Gasteiger partial charge on any atom is -0.381 e. The van der Waals surface area contributed by atoms with Crippen LogP contribution in [0.1, 0.15) is 26.2 Å². The molecular formula is C12H22N2O2. The zero-order valence-electron chi connectivity index (χ0n) is 10.00. The Morgan fingerprint density at radius 2 is 2.25 bits per heavy atom. The molecule has 0 saturated carbocycles. The summed E-state index contributed by atoms with van der Waals surface area (Å²) in [6.45, 7) is 7.28. The molecule has 4 nitrogen and oxygen atoms in total. The number of ether oxygens (including phenoxy) is 1. The first-order valence-corrected chi connectivity index (χ1v) is 5.84. The van der Waals surface area contributed by atoms with Crippen molar-refractivity contribution in [3.63, 3.8) is 0 Å². The number of rotatable bonds is 5. The van der Waals surface area contributed by atoms with Gasteiger partial charge in [0.05, 0.1) is 5.41 Å². The van der Waals surface area contributed by atoms with E-state index in [0.29, 0.717) is 19.8 Å². The van der Waals surface area contributed by atoms with Gasteiger partial charge in [0.25, 0.3) is 0 Å². The molecule has 1 saturated heterocycles. The van der Waals surface area contributed by atoms with Gasteiger partial charge in [0.1, 0.15) is 0 Å². The van der Waals surface area contributed by atoms with Crippen molar-refractivity contribution in [2.75, 3.05) is 19.8 Å². The number of hydrogen-bond acceptors (Lipinski definition) is 3. The SMILES string of the molecule is C=CCC(C)NC(=O)C1(CN)CCOCC1. The zero-order valence-corrected chi connectivity index (χ0v) is 10.00. The summed E-state index contributed by atoms with van der Waals surface area (Å²) in [5, 5.41) is 3.00. The number of hydrogen-bond donors (Lipinski definition) is 2. The Bertz CT molecular complexity index is 247. The summed E-state index contributed by atoms with van der Waals surface area (Å²) in [5.74, 6) is 0.0626. The molecule has 3 N–H and O–H groups in total. The van der Waals surface area contributed by atoms with Gasteiger partial charge in [0.15, 0.2) is 0 Å². The Kier molecular flexibility index (Phi) is 4.96. The molecule has 1 aliphatic heterocycles. The first-order chi connectivity index (χ1) is 7.64. The smallest absolute Gasteiger partial charge is 0.227 e. The average Bonchev–Trinajstić information content (AvgIpc) is 2.30. The minimum absolute atomic E-state index is 0.0626. The minimum atomic E-state index is -0.423. The largest absolute Gasteiger partial charge is 0.381 e. The Labute approximate surface area is 97.2 Å². The first kappa shape index (κ1) is 13.2. The highest BCUT2D eigenvalue weighted by molar-refractivity contribution is 5.83. The lowest BCUT2D eigenvalue weighted by Gasteiger charge is -2.35. The second kappa shape index (κ2) is 6.01. The van der Waals surface area contributed by atoms with Crippen LogP contribution in [0.2, 0.25) is 0 Å². The predicted octanol–water partition coefficient (Wildman–Crippen LogP) is 0.823. The molecule has 1 rings (SSSR count). The molecule has 0 spiro atoms. The maximum Gasteiger partial charge on any atom is 0.227 e. The summed E-state index contributed by atoms with van der Waals surface area (Å²) in [4.78, 5) is 12.2. The molecule has 92 valence electrons. The van der Waals surface area contributed by atoms with Gasteiger partial charge in [-0.05, 0) is 26.2 Å². The molecule has 0 aromatic rings. The van der Waals surface area contributed by atoms with E-state index in [1.165, 1.54) is 0 Å². The monoisotopic (exact) mass is 226 g/mol. The van der Waals surface area contributed by atoms with Crippen LogP contribution in [0.5, 0.6) is 0 Å². The van der Waals surface area contributed by atoms with Crippen LogP contribution in [-0.4, -0.2) is 31.7 Å². The lowest BCUT2D eigenvalue weighted by atomic mass is 9.79. The number of amides is 1. The van der Waals surface area contributed by atoms with Crippen molar-refractivity contribution < 1.29 is 9.53 Å². The molecule has 0 aromatic heterocycles. The van der Waals surface area contributed by atoms with Crippen molar-refractivity contribution in [1.29, 1.82) is 0 Å². The second-order valence-corrected chi connectivity index (χ2v) is 4.50. The normalized spacial score (nSPS) is 21.1. The Balaban J connectivity index is 2.57. The van der Waals surface area contributed by atoms with Crippen LogP contribution >= 0.6 is 0 Å². The van der Waals surface area contributed by atoms with Gasteiger partial charge in [-0.3, -0.25) is 4.79 Å². The van der Waals surface area contributed by atoms with Crippen LogP contribution in [0.3, 0.4) is 0 Å². The molecule has 1 aliphatic rings. The maximum absolute atomic E-state index is 12.2. The summed E-state index contributed by atoms with van der Waals surface area (Å²) >= 11 is 0. The quantitative estimate of drug-likeness (QED) is 0.682. The van der Waals surface area contributed by atoms with Gasteiger partial charge in [0.2, 0.25) is 5.91 Å². The van der Waals surface area contributed by atoms with Gasteiger partial charge in [-0.15, -0.1) is 6.58 Å². The number of carbonyl (C=O) groups excluding carboxylic acids is 1. The standard InChI is InChI=1S/C12H22N2O2/c1-3-4-10(2)14-11(15)12(9-13)5-7-16-8-6-12/h3,10H,1,4-9,13H2,2H3,(H,14,15). The molecule has 1 heterocycles. The fourth-order valence-corrected chi connectivity index (χ4v) is 1.97. The molecule has 1 unspecified atom stereocenters. The Morgan fingerprint density at radius 3 is 2.75 bits per heavy atom. The average molecular weight is 226 g/mol. The number of carbonyl (C=O) groups is 1. The highest BCUT2D eigenvalue weighted by atomic mass is 16.5. The summed E-state index contributed by atoms with van der Waals surface area (Å²) in [6, 6.07) is 0.122. The van der Waals surface area contributed by atoms with Crippen LogP contribution in [0.4, 0.5) is 0 Å². The molecule has 1 amide bonds. The van der Waals surface area contributed by atoms with E-state index in [4.69, 9.17) is 10.5 Å². The third-order valence-corrected chi connectivity index (χ3v) is 3.22. The van der Waals surface area contributed by atoms with E-state index in [1.807, 2.05) is 13.0 Å². The van der Waals surface area contributed by atoms with Gasteiger partial charge in [0, 0.05) is 25.8 Å². The van der Waals surface area contributed by atoms with E-state index in [1.54, 1.807) is 0 Å². The van der Waals surface area contributed by atoms with Gasteiger partial charge in [-0.25, -0.2) is 0 Å². The van der Waals surface area contributed by atoms with E-state index in [2.05, 4.69) is 11.9 Å². The summed E-state index contributed by atoms with van der Waals surface area (Å²) in [6.07, 6.45) is 4.03. The molecule has 1 atom stereocenters. The number of nitrogens with two attached hydrogens (primary N) is 1. The van der Waals surface area contributed by atoms with Crippen molar-refractivity contribution in [1.82, 2.24) is 5.32 Å². The third-order valence-electron chi connectivity index (χ3n) is 3.22. The van der Waals surface area contributed by atoms with Crippen molar-refractivity contribution in [3.8, 4) is 0 Å². The highest BCUT2D eigenvalue weighted by Crippen LogP contribution is 2.29. The van der Waals surface area contributed by atoms with Crippen LogP contribution in [0, 0.1) is 5.41 Å². The van der Waals surface area contributed by atoms with Crippen LogP contribution in [0.15, 0.2) is 12.7 Å². The summed E-state index contributed by atoms with van der Waals surface area (Å²) in [5.41, 5.74) is 5.33. The van der Waals surface area contributed by atoms with Gasteiger partial charge in [-0.2, -0.15) is 0 Å². The second-order valence-electron chi connectivity index (χ2n) is 4.50. The van der Waals surface area contributed by atoms with Crippen LogP contribution < -0.4 is 11.1 Å². The fraction of sp³-hybridized carbons (Fsp3) is 0.750. The topological polar surface area (TPSA) is 64.4 Å². The van der Waals surface area contributed by atoms with E-state index in [9.17, 15) is 4.79 Å². The lowest BCUT2D eigenvalue weighted by molar-refractivity contribution is -0.136. The maximum atomic E-state index is 12.2. The molecular weight excluding hydrogens is 204 g/mol. The summed E-state index contributed by atoms with van der Waals surface area (Å²) < 4.78 is 5.28. The van der Waals surface area contributed by atoms with Gasteiger partial charge >= 0.3 is 0 Å². The zero-order chi connectivity index (χ0) is 12.0. The van der Waals surface area contributed by atoms with Gasteiger partial charge < -0.3 is 15.8 Å². The number of nitrogens with one attached hydrogen (secondary N) is 1. The molecule has 0 radical (unpaired) electrons. The Morgan fingerprint density at radius 1 is 1.62 bits per heavy atom. The third kappa shape index (κ3) is 3.06. The van der Waals surface area contributed by atoms with Gasteiger partial charge in [-0.1, -0.05) is 6.08 Å². The molecule has 16 heavy (non-hydrogen) atoms. The van der Waals surface area contributed by atoms with E-state index in [0.717, 1.165) is 19.3 Å². The van der Waals surface area contributed by atoms with Crippen molar-refractivity contribution in [3.05, 3.63) is 12.7 Å². The van der Waals surface area contributed by atoms with Crippen molar-refractivity contribution in [2.24, 2.45) is 11.1 Å². The lowest BCUT2D eigenvalue weighted by Crippen LogP contribution is -2.51. The molecule has 0 aliphatic carbocycles.